The smallest absolute Gasteiger partial charge is 0.240 e. The highest BCUT2D eigenvalue weighted by Gasteiger charge is 2.35. The van der Waals surface area contributed by atoms with Crippen molar-refractivity contribution in [3.05, 3.63) is 84.5 Å². The van der Waals surface area contributed by atoms with Gasteiger partial charge in [-0.05, 0) is 30.3 Å². The van der Waals surface area contributed by atoms with Crippen molar-refractivity contribution in [3.8, 4) is 28.3 Å². The van der Waals surface area contributed by atoms with Gasteiger partial charge in [-0.15, -0.1) is 0 Å². The van der Waals surface area contributed by atoms with Gasteiger partial charge in [0.2, 0.25) is 21.8 Å². The van der Waals surface area contributed by atoms with Gasteiger partial charge in [-0.25, -0.2) is 18.5 Å². The Bertz CT molecular complexity index is 1600. The molecule has 2 aromatic carbocycles. The summed E-state index contributed by atoms with van der Waals surface area (Å²) >= 11 is 0. The number of oxime groups is 1. The van der Waals surface area contributed by atoms with Crippen molar-refractivity contribution < 1.29 is 32.3 Å². The third-order valence-corrected chi connectivity index (χ3v) is 7.67. The number of benzene rings is 2. The van der Waals surface area contributed by atoms with Gasteiger partial charge in [-0.3, -0.25) is 4.98 Å². The monoisotopic (exact) mass is 564 g/mol. The zero-order chi connectivity index (χ0) is 28.2. The van der Waals surface area contributed by atoms with Gasteiger partial charge in [-0.1, -0.05) is 35.5 Å². The normalized spacial score (nSPS) is 15.6. The number of sulfonamides is 1. The second kappa shape index (κ2) is 11.6. The van der Waals surface area contributed by atoms with E-state index in [1.807, 2.05) is 30.3 Å². The third-order valence-electron chi connectivity index (χ3n) is 6.74. The Balaban J connectivity index is 1.42. The van der Waals surface area contributed by atoms with Crippen LogP contribution in [0.15, 0.2) is 87.5 Å². The molecule has 1 aliphatic rings. The number of hydrogen-bond donors (Lipinski definition) is 2. The summed E-state index contributed by atoms with van der Waals surface area (Å²) in [7, 11) is -2.19. The summed E-state index contributed by atoms with van der Waals surface area (Å²) in [6.45, 7) is 1.15. The lowest BCUT2D eigenvalue weighted by Gasteiger charge is -2.36. The van der Waals surface area contributed by atoms with Crippen molar-refractivity contribution >= 4 is 15.9 Å². The van der Waals surface area contributed by atoms with E-state index < -0.39 is 15.6 Å². The van der Waals surface area contributed by atoms with Gasteiger partial charge in [0.25, 0.3) is 0 Å². The molecule has 4 aromatic rings. The Morgan fingerprint density at radius 2 is 1.80 bits per heavy atom. The topological polar surface area (TPSA) is 159 Å². The molecule has 40 heavy (non-hydrogen) atoms. The van der Waals surface area contributed by atoms with Gasteiger partial charge in [-0.2, -0.15) is 0 Å². The number of nitrogens with zero attached hydrogens (tertiary/aromatic N) is 3. The second-order valence-electron chi connectivity index (χ2n) is 9.21. The van der Waals surface area contributed by atoms with Gasteiger partial charge >= 0.3 is 0 Å². The molecule has 0 radical (unpaired) electrons. The van der Waals surface area contributed by atoms with Crippen molar-refractivity contribution in [2.45, 2.75) is 29.8 Å². The first-order valence-corrected chi connectivity index (χ1v) is 14.0. The first-order chi connectivity index (χ1) is 19.3. The van der Waals surface area contributed by atoms with Crippen LogP contribution in [-0.2, 0) is 31.5 Å². The van der Waals surface area contributed by atoms with Crippen LogP contribution in [0.2, 0.25) is 0 Å². The number of oxazole rings is 1. The molecular weight excluding hydrogens is 536 g/mol. The maximum absolute atomic E-state index is 11.7. The number of ether oxygens (including phenoxy) is 3. The van der Waals surface area contributed by atoms with Crippen LogP contribution >= 0.6 is 0 Å². The van der Waals surface area contributed by atoms with Crippen molar-refractivity contribution in [1.29, 1.82) is 0 Å². The summed E-state index contributed by atoms with van der Waals surface area (Å²) in [5.41, 5.74) is 2.20. The molecule has 11 nitrogen and oxygen atoms in total. The van der Waals surface area contributed by atoms with Gasteiger partial charge in [0.1, 0.15) is 17.9 Å². The fourth-order valence-electron chi connectivity index (χ4n) is 4.62. The Morgan fingerprint density at radius 1 is 1.07 bits per heavy atom. The molecule has 1 aliphatic heterocycles. The van der Waals surface area contributed by atoms with Crippen molar-refractivity contribution in [3.63, 3.8) is 0 Å². The summed E-state index contributed by atoms with van der Waals surface area (Å²) in [6.07, 6.45) is 4.52. The van der Waals surface area contributed by atoms with Gasteiger partial charge in [0.05, 0.1) is 16.7 Å². The highest BCUT2D eigenvalue weighted by Crippen LogP contribution is 2.37. The van der Waals surface area contributed by atoms with E-state index in [0.29, 0.717) is 48.8 Å². The van der Waals surface area contributed by atoms with E-state index in [4.69, 9.17) is 23.8 Å². The molecule has 0 spiro atoms. The summed E-state index contributed by atoms with van der Waals surface area (Å²) in [6, 6.07) is 17.1. The van der Waals surface area contributed by atoms with Crippen molar-refractivity contribution in [2.75, 3.05) is 20.3 Å². The van der Waals surface area contributed by atoms with Crippen molar-refractivity contribution in [2.24, 2.45) is 10.3 Å². The Hall–Kier alpha value is -4.10. The zero-order valence-electron chi connectivity index (χ0n) is 21.7. The average molecular weight is 565 g/mol. The van der Waals surface area contributed by atoms with Crippen LogP contribution in [0.3, 0.4) is 0 Å². The molecule has 0 unspecified atom stereocenters. The maximum atomic E-state index is 11.7. The first-order valence-electron chi connectivity index (χ1n) is 12.5. The molecule has 208 valence electrons. The van der Waals surface area contributed by atoms with Gasteiger partial charge in [0, 0.05) is 56.1 Å². The average Bonchev–Trinajstić information content (AvgIpc) is 3.41. The molecule has 0 bridgehead atoms. The van der Waals surface area contributed by atoms with Crippen LogP contribution in [0.25, 0.3) is 22.6 Å². The SMILES string of the molecule is COC1(c2cncc(O/C(Cc3nc(-c4ccccc4)c(-c4ccc(S(N)(=O)=O)cc4)o3)=N\O)c2)CCOCC1. The highest BCUT2D eigenvalue weighted by molar-refractivity contribution is 7.89. The largest absolute Gasteiger partial charge is 0.439 e. The molecule has 1 fully saturated rings. The van der Waals surface area contributed by atoms with Crippen molar-refractivity contribution in [1.82, 2.24) is 9.97 Å². The van der Waals surface area contributed by atoms with Gasteiger partial charge < -0.3 is 23.8 Å². The standard InChI is InChI=1S/C28H28N4O7S/c1-36-28(11-13-37-14-12-28)21-15-22(18-30-17-21)38-25(32-33)16-24-31-26(19-5-3-2-4-6-19)27(39-24)20-7-9-23(10-8-20)40(29,34)35/h2-10,15,17-18,33H,11-14,16H2,1H3,(H2,29,34,35)/b32-25-. The highest BCUT2D eigenvalue weighted by atomic mass is 32.2. The van der Waals surface area contributed by atoms with Crippen LogP contribution in [-0.4, -0.2) is 49.8 Å². The number of hydrogen-bond acceptors (Lipinski definition) is 10. The molecular formula is C28H28N4O7S. The van der Waals surface area contributed by atoms with Crippen LogP contribution in [0.4, 0.5) is 0 Å². The number of nitrogens with two attached hydrogens (primary N) is 1. The van der Waals surface area contributed by atoms with E-state index in [1.165, 1.54) is 18.3 Å². The van der Waals surface area contributed by atoms with E-state index in [-0.39, 0.29) is 23.1 Å². The number of pyridine rings is 1. The summed E-state index contributed by atoms with van der Waals surface area (Å²) in [5, 5.41) is 18.3. The molecule has 3 N–H and O–H groups in total. The van der Waals surface area contributed by atoms with Crippen LogP contribution < -0.4 is 9.88 Å². The molecule has 0 aliphatic carbocycles. The minimum Gasteiger partial charge on any atom is -0.439 e. The van der Waals surface area contributed by atoms with E-state index >= 15 is 0 Å². The molecule has 0 saturated carbocycles. The molecule has 12 heteroatoms. The summed E-state index contributed by atoms with van der Waals surface area (Å²) in [5.74, 6) is 0.931. The molecule has 0 amide bonds. The summed E-state index contributed by atoms with van der Waals surface area (Å²) < 4.78 is 46.7. The Labute approximate surface area is 231 Å². The predicted octanol–water partition coefficient (Wildman–Crippen LogP) is 4.11. The maximum Gasteiger partial charge on any atom is 0.240 e. The number of primary sulfonamides is 1. The number of methoxy groups -OCH3 is 1. The lowest BCUT2D eigenvalue weighted by Crippen LogP contribution is -2.35. The molecule has 2 aromatic heterocycles. The molecule has 1 saturated heterocycles. The number of rotatable bonds is 8. The quantitative estimate of drug-likeness (QED) is 0.139. The predicted molar refractivity (Wildman–Crippen MR) is 145 cm³/mol. The minimum atomic E-state index is -3.85. The fourth-order valence-corrected chi connectivity index (χ4v) is 5.13. The zero-order valence-corrected chi connectivity index (χ0v) is 22.5. The molecule has 5 rings (SSSR count). The van der Waals surface area contributed by atoms with E-state index in [9.17, 15) is 13.6 Å². The lowest BCUT2D eigenvalue weighted by atomic mass is 9.87. The van der Waals surface area contributed by atoms with Crippen LogP contribution in [0, 0.1) is 0 Å². The minimum absolute atomic E-state index is 0.0211. The molecule has 3 heterocycles. The first kappa shape index (κ1) is 27.5. The molecule has 0 atom stereocenters. The van der Waals surface area contributed by atoms with E-state index in [0.717, 1.165) is 11.1 Å². The van der Waals surface area contributed by atoms with E-state index in [2.05, 4.69) is 15.1 Å². The summed E-state index contributed by atoms with van der Waals surface area (Å²) in [4.78, 5) is 8.92. The lowest BCUT2D eigenvalue weighted by molar-refractivity contribution is -0.0950. The second-order valence-corrected chi connectivity index (χ2v) is 10.8. The van der Waals surface area contributed by atoms with E-state index in [1.54, 1.807) is 31.5 Å². The third kappa shape index (κ3) is 5.89. The van der Waals surface area contributed by atoms with Crippen LogP contribution in [0.5, 0.6) is 5.75 Å². The number of aromatic nitrogens is 2. The Morgan fingerprint density at radius 3 is 2.45 bits per heavy atom. The Kier molecular flexibility index (Phi) is 7.94. The van der Waals surface area contributed by atoms with Crippen LogP contribution in [0.1, 0.15) is 24.3 Å². The fraction of sp³-hybridized carbons (Fsp3) is 0.250. The van der Waals surface area contributed by atoms with Gasteiger partial charge in [0.15, 0.2) is 5.76 Å².